The topological polar surface area (TPSA) is 64.2 Å². The van der Waals surface area contributed by atoms with E-state index in [1.807, 2.05) is 43.3 Å². The molecule has 0 aliphatic heterocycles. The number of rotatable bonds is 6. The van der Waals surface area contributed by atoms with Crippen LogP contribution in [0.1, 0.15) is 20.8 Å². The van der Waals surface area contributed by atoms with Gasteiger partial charge < -0.3 is 14.5 Å². The van der Waals surface area contributed by atoms with E-state index in [1.54, 1.807) is 6.07 Å². The summed E-state index contributed by atoms with van der Waals surface area (Å²) in [6, 6.07) is 12.9. The Kier molecular flexibility index (Phi) is 5.03. The Bertz CT molecular complexity index is 932. The molecule has 0 unspecified atom stereocenters. The van der Waals surface area contributed by atoms with Gasteiger partial charge in [-0.25, -0.2) is 4.98 Å². The number of benzene rings is 2. The summed E-state index contributed by atoms with van der Waals surface area (Å²) in [5, 5.41) is 0.577. The van der Waals surface area contributed by atoms with E-state index in [0.29, 0.717) is 47.4 Å². The first-order valence-electron chi connectivity index (χ1n) is 8.47. The molecule has 0 bridgehead atoms. The quantitative estimate of drug-likeness (QED) is 0.737. The Morgan fingerprint density at radius 2 is 1.88 bits per heavy atom. The number of para-hydroxylation sites is 1. The molecule has 25 heavy (non-hydrogen) atoms. The van der Waals surface area contributed by atoms with Gasteiger partial charge in [0.1, 0.15) is 5.82 Å². The molecule has 3 rings (SSSR count). The van der Waals surface area contributed by atoms with E-state index in [1.165, 1.54) is 0 Å². The Morgan fingerprint density at radius 3 is 2.64 bits per heavy atom. The van der Waals surface area contributed by atoms with Crippen molar-refractivity contribution in [3.05, 3.63) is 52.8 Å². The molecule has 0 aliphatic carbocycles. The maximum atomic E-state index is 12.3. The first-order chi connectivity index (χ1) is 12.1. The van der Waals surface area contributed by atoms with Crippen molar-refractivity contribution in [1.82, 2.24) is 9.97 Å². The normalized spacial score (nSPS) is 11.0. The van der Waals surface area contributed by atoms with Crippen molar-refractivity contribution in [3.8, 4) is 22.9 Å². The van der Waals surface area contributed by atoms with E-state index < -0.39 is 0 Å². The second-order valence-corrected chi connectivity index (χ2v) is 6.23. The molecular weight excluding hydrogens is 316 g/mol. The predicted molar refractivity (Wildman–Crippen MR) is 99.3 cm³/mol. The Morgan fingerprint density at radius 1 is 1.08 bits per heavy atom. The average molecular weight is 338 g/mol. The molecular formula is C20H22N2O3. The largest absolute Gasteiger partial charge is 0.490 e. The molecule has 1 N–H and O–H groups in total. The Hall–Kier alpha value is -2.82. The highest BCUT2D eigenvalue weighted by Gasteiger charge is 2.11. The van der Waals surface area contributed by atoms with Gasteiger partial charge in [-0.15, -0.1) is 0 Å². The van der Waals surface area contributed by atoms with E-state index in [-0.39, 0.29) is 5.56 Å². The highest BCUT2D eigenvalue weighted by molar-refractivity contribution is 5.79. The first-order valence-corrected chi connectivity index (χ1v) is 8.47. The summed E-state index contributed by atoms with van der Waals surface area (Å²) in [4.78, 5) is 19.7. The fraction of sp³-hybridized carbons (Fsp3) is 0.300. The number of nitrogens with zero attached hydrogens (tertiary/aromatic N) is 1. The van der Waals surface area contributed by atoms with Crippen LogP contribution in [-0.4, -0.2) is 23.2 Å². The standard InChI is InChI=1S/C20H22N2O3/c1-4-24-18-11-14(9-10-17(18)25-12-13(2)3)19-21-16-8-6-5-7-15(16)20(23)22-19/h5-11,13H,4,12H2,1-3H3,(H,21,22,23). The minimum absolute atomic E-state index is 0.154. The summed E-state index contributed by atoms with van der Waals surface area (Å²) < 4.78 is 11.5. The molecule has 130 valence electrons. The Labute approximate surface area is 146 Å². The zero-order valence-electron chi connectivity index (χ0n) is 14.7. The second kappa shape index (κ2) is 7.38. The van der Waals surface area contributed by atoms with Gasteiger partial charge in [0.2, 0.25) is 0 Å². The van der Waals surface area contributed by atoms with Crippen LogP contribution in [0.15, 0.2) is 47.3 Å². The molecule has 3 aromatic rings. The third kappa shape index (κ3) is 3.82. The fourth-order valence-electron chi connectivity index (χ4n) is 2.52. The van der Waals surface area contributed by atoms with E-state index in [2.05, 4.69) is 23.8 Å². The van der Waals surface area contributed by atoms with Crippen LogP contribution in [0.4, 0.5) is 0 Å². The van der Waals surface area contributed by atoms with E-state index in [9.17, 15) is 4.79 Å². The molecule has 1 heterocycles. The molecule has 5 nitrogen and oxygen atoms in total. The van der Waals surface area contributed by atoms with Crippen molar-refractivity contribution in [2.75, 3.05) is 13.2 Å². The SMILES string of the molecule is CCOc1cc(-c2nc3ccccc3c(=O)[nH]2)ccc1OCC(C)C. The third-order valence-corrected chi connectivity index (χ3v) is 3.70. The van der Waals surface area contributed by atoms with Crippen molar-refractivity contribution in [1.29, 1.82) is 0 Å². The lowest BCUT2D eigenvalue weighted by molar-refractivity contribution is 0.248. The lowest BCUT2D eigenvalue weighted by atomic mass is 10.1. The molecule has 5 heteroatoms. The maximum absolute atomic E-state index is 12.3. The molecule has 0 fully saturated rings. The van der Waals surface area contributed by atoms with Gasteiger partial charge in [0.15, 0.2) is 11.5 Å². The molecule has 0 spiro atoms. The number of aromatic amines is 1. The van der Waals surface area contributed by atoms with Crippen LogP contribution in [0, 0.1) is 5.92 Å². The monoisotopic (exact) mass is 338 g/mol. The van der Waals surface area contributed by atoms with Gasteiger partial charge in [0.25, 0.3) is 5.56 Å². The zero-order chi connectivity index (χ0) is 17.8. The maximum Gasteiger partial charge on any atom is 0.259 e. The number of fused-ring (bicyclic) bond motifs is 1. The van der Waals surface area contributed by atoms with Crippen LogP contribution >= 0.6 is 0 Å². The predicted octanol–water partition coefficient (Wildman–Crippen LogP) is 4.02. The minimum Gasteiger partial charge on any atom is -0.490 e. The van der Waals surface area contributed by atoms with Crippen molar-refractivity contribution in [2.24, 2.45) is 5.92 Å². The van der Waals surface area contributed by atoms with Gasteiger partial charge in [-0.3, -0.25) is 4.79 Å². The summed E-state index contributed by atoms with van der Waals surface area (Å²) in [7, 11) is 0. The number of ether oxygens (including phenoxy) is 2. The van der Waals surface area contributed by atoms with Gasteiger partial charge in [-0.1, -0.05) is 26.0 Å². The van der Waals surface area contributed by atoms with Gasteiger partial charge >= 0.3 is 0 Å². The van der Waals surface area contributed by atoms with Crippen molar-refractivity contribution < 1.29 is 9.47 Å². The summed E-state index contributed by atoms with van der Waals surface area (Å²) >= 11 is 0. The zero-order valence-corrected chi connectivity index (χ0v) is 14.7. The highest BCUT2D eigenvalue weighted by Crippen LogP contribution is 2.32. The van der Waals surface area contributed by atoms with Crippen molar-refractivity contribution in [2.45, 2.75) is 20.8 Å². The summed E-state index contributed by atoms with van der Waals surface area (Å²) in [5.74, 6) is 2.28. The lowest BCUT2D eigenvalue weighted by Crippen LogP contribution is -2.10. The Balaban J connectivity index is 2.02. The highest BCUT2D eigenvalue weighted by atomic mass is 16.5. The van der Waals surface area contributed by atoms with E-state index >= 15 is 0 Å². The van der Waals surface area contributed by atoms with Crippen LogP contribution in [0.25, 0.3) is 22.3 Å². The number of nitrogens with one attached hydrogen (secondary N) is 1. The van der Waals surface area contributed by atoms with Gasteiger partial charge in [-0.05, 0) is 43.2 Å². The average Bonchev–Trinajstić information content (AvgIpc) is 2.60. The fourth-order valence-corrected chi connectivity index (χ4v) is 2.52. The van der Waals surface area contributed by atoms with Crippen LogP contribution in [-0.2, 0) is 0 Å². The minimum atomic E-state index is -0.154. The molecule has 0 radical (unpaired) electrons. The second-order valence-electron chi connectivity index (χ2n) is 6.23. The van der Waals surface area contributed by atoms with Crippen molar-refractivity contribution in [3.63, 3.8) is 0 Å². The molecule has 0 aliphatic rings. The first kappa shape index (κ1) is 17.0. The molecule has 0 atom stereocenters. The molecule has 0 saturated heterocycles. The van der Waals surface area contributed by atoms with Crippen LogP contribution in [0.2, 0.25) is 0 Å². The summed E-state index contributed by atoms with van der Waals surface area (Å²) in [6.45, 7) is 7.26. The summed E-state index contributed by atoms with van der Waals surface area (Å²) in [5.41, 5.74) is 1.29. The number of hydrogen-bond donors (Lipinski definition) is 1. The lowest BCUT2D eigenvalue weighted by Gasteiger charge is -2.14. The van der Waals surface area contributed by atoms with E-state index in [0.717, 1.165) is 5.56 Å². The van der Waals surface area contributed by atoms with Gasteiger partial charge in [0, 0.05) is 5.56 Å². The third-order valence-electron chi connectivity index (χ3n) is 3.70. The smallest absolute Gasteiger partial charge is 0.259 e. The summed E-state index contributed by atoms with van der Waals surface area (Å²) in [6.07, 6.45) is 0. The van der Waals surface area contributed by atoms with E-state index in [4.69, 9.17) is 9.47 Å². The van der Waals surface area contributed by atoms with Gasteiger partial charge in [0.05, 0.1) is 24.1 Å². The van der Waals surface area contributed by atoms with Crippen LogP contribution < -0.4 is 15.0 Å². The van der Waals surface area contributed by atoms with Crippen LogP contribution in [0.5, 0.6) is 11.5 Å². The molecule has 2 aromatic carbocycles. The molecule has 0 amide bonds. The van der Waals surface area contributed by atoms with Crippen molar-refractivity contribution >= 4 is 10.9 Å². The van der Waals surface area contributed by atoms with Gasteiger partial charge in [-0.2, -0.15) is 0 Å². The number of H-pyrrole nitrogens is 1. The number of hydrogen-bond acceptors (Lipinski definition) is 4. The molecule has 1 aromatic heterocycles. The number of aromatic nitrogens is 2. The van der Waals surface area contributed by atoms with Crippen LogP contribution in [0.3, 0.4) is 0 Å². The molecule has 0 saturated carbocycles.